The van der Waals surface area contributed by atoms with Crippen molar-refractivity contribution in [1.82, 2.24) is 20.5 Å². The topological polar surface area (TPSA) is 166 Å². The number of anilines is 1. The van der Waals surface area contributed by atoms with Crippen LogP contribution in [0.25, 0.3) is 10.9 Å². The molecule has 2 bridgehead atoms. The molecule has 0 aliphatic carbocycles. The number of carbonyl (C=O) groups excluding carboxylic acids is 2. The molecule has 5 N–H and O–H groups in total. The summed E-state index contributed by atoms with van der Waals surface area (Å²) < 4.78 is 18.0. The predicted molar refractivity (Wildman–Crippen MR) is 253 cm³/mol. The second kappa shape index (κ2) is 20.7. The van der Waals surface area contributed by atoms with Crippen molar-refractivity contribution in [2.75, 3.05) is 50.8 Å². The number of aromatic amines is 1. The van der Waals surface area contributed by atoms with Gasteiger partial charge in [0.05, 0.1) is 29.8 Å². The highest BCUT2D eigenvalue weighted by Crippen LogP contribution is 2.32. The van der Waals surface area contributed by atoms with Crippen LogP contribution >= 0.6 is 0 Å². The lowest BCUT2D eigenvalue weighted by molar-refractivity contribution is -0.0336. The van der Waals surface area contributed by atoms with E-state index in [2.05, 4.69) is 49.7 Å². The van der Waals surface area contributed by atoms with Crippen LogP contribution in [0.4, 0.5) is 10.5 Å². The summed E-state index contributed by atoms with van der Waals surface area (Å²) in [7, 11) is 0. The van der Waals surface area contributed by atoms with E-state index in [0.29, 0.717) is 60.0 Å². The zero-order chi connectivity index (χ0) is 45.4. The molecule has 4 aliphatic heterocycles. The number of alkyl carbamates (subject to hydrolysis) is 1. The van der Waals surface area contributed by atoms with Crippen LogP contribution in [-0.2, 0) is 22.6 Å². The highest BCUT2D eigenvalue weighted by Gasteiger charge is 2.37. The summed E-state index contributed by atoms with van der Waals surface area (Å²) in [5, 5.41) is 28.1. The number of carbonyl (C=O) groups is 2. The first-order valence-electron chi connectivity index (χ1n) is 23.0. The molecule has 3 atom stereocenters. The normalized spacial score (nSPS) is 19.2. The summed E-state index contributed by atoms with van der Waals surface area (Å²) in [5.41, 5.74) is 6.07. The fourth-order valence-corrected chi connectivity index (χ4v) is 9.50. The Morgan fingerprint density at radius 2 is 1.53 bits per heavy atom. The van der Waals surface area contributed by atoms with Crippen molar-refractivity contribution in [2.45, 2.75) is 57.1 Å². The van der Waals surface area contributed by atoms with E-state index < -0.39 is 18.2 Å². The van der Waals surface area contributed by atoms with Crippen LogP contribution in [0.15, 0.2) is 132 Å². The summed E-state index contributed by atoms with van der Waals surface area (Å²) in [6.45, 7) is 6.23. The van der Waals surface area contributed by atoms with Gasteiger partial charge in [0.1, 0.15) is 24.2 Å². The minimum absolute atomic E-state index is 0.0375. The van der Waals surface area contributed by atoms with E-state index in [4.69, 9.17) is 14.2 Å². The maximum Gasteiger partial charge on any atom is 0.408 e. The number of phenolic OH excluding ortho intramolecular Hbond substituents is 1. The van der Waals surface area contributed by atoms with Crippen LogP contribution in [0.2, 0.25) is 0 Å². The number of aromatic hydroxyl groups is 1. The number of piperidine rings is 4. The number of nitrogens with one attached hydrogen (secondary N) is 3. The van der Waals surface area contributed by atoms with Crippen LogP contribution in [-0.4, -0.2) is 84.1 Å². The Labute approximate surface area is 384 Å². The molecule has 66 heavy (non-hydrogen) atoms. The Kier molecular flexibility index (Phi) is 13.9. The maximum atomic E-state index is 13.3. The van der Waals surface area contributed by atoms with Crippen molar-refractivity contribution in [3.05, 3.63) is 171 Å². The van der Waals surface area contributed by atoms with Gasteiger partial charge in [0.25, 0.3) is 0 Å². The number of ether oxygens (including phenoxy) is 3. The Balaban J connectivity index is 0.702. The average Bonchev–Trinajstić information content (AvgIpc) is 3.36. The van der Waals surface area contributed by atoms with Crippen LogP contribution in [0.3, 0.4) is 0 Å². The smallest absolute Gasteiger partial charge is 0.408 e. The second-order valence-electron chi connectivity index (χ2n) is 17.8. The summed E-state index contributed by atoms with van der Waals surface area (Å²) in [4.78, 5) is 45.4. The average molecular weight is 892 g/mol. The van der Waals surface area contributed by atoms with Crippen LogP contribution < -0.4 is 25.8 Å². The van der Waals surface area contributed by atoms with E-state index in [9.17, 15) is 24.6 Å². The molecule has 10 rings (SSSR count). The van der Waals surface area contributed by atoms with E-state index in [1.165, 1.54) is 12.1 Å². The summed E-state index contributed by atoms with van der Waals surface area (Å²) in [5.74, 6) is 0.988. The Morgan fingerprint density at radius 3 is 2.27 bits per heavy atom. The Hall–Kier alpha value is -6.67. The van der Waals surface area contributed by atoms with Crippen molar-refractivity contribution in [3.8, 4) is 11.5 Å². The third-order valence-electron chi connectivity index (χ3n) is 13.3. The van der Waals surface area contributed by atoms with Gasteiger partial charge in [0.2, 0.25) is 5.56 Å². The fraction of sp³-hybridized carbons (Fsp3) is 0.340. The number of hydrogen-bond donors (Lipinski definition) is 5. The molecule has 0 saturated carbocycles. The molecule has 5 heterocycles. The lowest BCUT2D eigenvalue weighted by atomic mass is 9.86. The molecule has 0 spiro atoms. The molecule has 5 aromatic carbocycles. The summed E-state index contributed by atoms with van der Waals surface area (Å²) >= 11 is 0. The van der Waals surface area contributed by atoms with Crippen molar-refractivity contribution in [2.24, 2.45) is 11.8 Å². The van der Waals surface area contributed by atoms with E-state index in [0.717, 1.165) is 86.3 Å². The van der Waals surface area contributed by atoms with Gasteiger partial charge in [-0.05, 0) is 127 Å². The molecule has 0 radical (unpaired) electrons. The molecule has 6 aromatic rings. The molecular formula is C53H57N5O8. The summed E-state index contributed by atoms with van der Waals surface area (Å²) in [6, 6.07) is 39.1. The zero-order valence-electron chi connectivity index (χ0n) is 36.9. The number of hydrogen-bond acceptors (Lipinski definition) is 11. The number of phenols is 1. The quantitative estimate of drug-likeness (QED) is 0.0608. The second-order valence-corrected chi connectivity index (χ2v) is 17.8. The Morgan fingerprint density at radius 1 is 0.788 bits per heavy atom. The number of aliphatic hydroxyl groups is 1. The van der Waals surface area contributed by atoms with Crippen LogP contribution in [0, 0.1) is 11.8 Å². The lowest BCUT2D eigenvalue weighted by Crippen LogP contribution is -2.52. The standard InChI is InChI=1S/C53H57N5O8/c59-46-19-17-44(45-18-20-49(61)55-51(45)46)47(60)31-54-30-35-11-15-42(16-12-35)58-27-21-37(22-28-58)34-65-52(62)40-13-9-36(10-14-40)33-64-43-8-4-7-41(29-43)50(39-5-2-1-3-6-39)56-53(63)66-48-32-57-25-23-38(48)24-26-57/h1-20,29,37-38,47-48,50,54,59-60H,21-28,30-34H2,(H,55,61)(H,56,63)/t47-,48-,50?/m0/s1. The van der Waals surface area contributed by atoms with Gasteiger partial charge >= 0.3 is 12.1 Å². The van der Waals surface area contributed by atoms with Crippen molar-refractivity contribution < 1.29 is 34.0 Å². The Bertz CT molecular complexity index is 2640. The fourth-order valence-electron chi connectivity index (χ4n) is 9.50. The van der Waals surface area contributed by atoms with Crippen molar-refractivity contribution in [3.63, 3.8) is 0 Å². The molecule has 4 aliphatic rings. The molecule has 4 fully saturated rings. The van der Waals surface area contributed by atoms with Gasteiger partial charge in [-0.2, -0.15) is 0 Å². The first kappa shape index (κ1) is 44.5. The molecular weight excluding hydrogens is 835 g/mol. The number of amides is 1. The highest BCUT2D eigenvalue weighted by molar-refractivity contribution is 5.89. The van der Waals surface area contributed by atoms with Crippen LogP contribution in [0.5, 0.6) is 11.5 Å². The number of fused-ring (bicyclic) bond motifs is 4. The zero-order valence-corrected chi connectivity index (χ0v) is 36.9. The molecule has 1 aromatic heterocycles. The third kappa shape index (κ3) is 10.9. The third-order valence-corrected chi connectivity index (χ3v) is 13.3. The number of aliphatic hydroxyl groups excluding tert-OH is 1. The first-order valence-corrected chi connectivity index (χ1v) is 23.0. The van der Waals surface area contributed by atoms with E-state index in [1.54, 1.807) is 24.3 Å². The maximum absolute atomic E-state index is 13.3. The molecule has 1 amide bonds. The molecule has 342 valence electrons. The van der Waals surface area contributed by atoms with Gasteiger partial charge in [-0.25, -0.2) is 9.59 Å². The lowest BCUT2D eigenvalue weighted by Gasteiger charge is -2.43. The molecule has 4 saturated heterocycles. The van der Waals surface area contributed by atoms with E-state index in [1.807, 2.05) is 66.7 Å². The van der Waals surface area contributed by atoms with Gasteiger partial charge in [0, 0.05) is 49.9 Å². The first-order chi connectivity index (χ1) is 32.2. The minimum Gasteiger partial charge on any atom is -0.506 e. The number of pyridine rings is 1. The number of nitrogens with zero attached hydrogens (tertiary/aromatic N) is 2. The SMILES string of the molecule is O=C(NC(c1ccccc1)c1cccc(OCc2ccc(C(=O)OCC3CCN(c4ccc(CNC[C@H](O)c5ccc(O)c6[nH]c(=O)ccc56)cc4)CC3)cc2)c1)O[C@H]1CN2CCC1CC2. The van der Waals surface area contributed by atoms with Gasteiger partial charge in [0.15, 0.2) is 0 Å². The monoisotopic (exact) mass is 891 g/mol. The van der Waals surface area contributed by atoms with Crippen molar-refractivity contribution in [1.29, 1.82) is 0 Å². The van der Waals surface area contributed by atoms with E-state index >= 15 is 0 Å². The number of rotatable bonds is 16. The highest BCUT2D eigenvalue weighted by atomic mass is 16.6. The number of aromatic nitrogens is 1. The number of benzene rings is 5. The van der Waals surface area contributed by atoms with Gasteiger partial charge < -0.3 is 44.9 Å². The van der Waals surface area contributed by atoms with Gasteiger partial charge in [-0.15, -0.1) is 0 Å². The van der Waals surface area contributed by atoms with E-state index in [-0.39, 0.29) is 29.3 Å². The molecule has 13 heteroatoms. The van der Waals surface area contributed by atoms with Crippen molar-refractivity contribution >= 4 is 28.7 Å². The predicted octanol–water partition coefficient (Wildman–Crippen LogP) is 7.62. The van der Waals surface area contributed by atoms with Gasteiger partial charge in [-0.3, -0.25) is 9.69 Å². The van der Waals surface area contributed by atoms with Crippen LogP contribution in [0.1, 0.15) is 76.0 Å². The largest absolute Gasteiger partial charge is 0.506 e. The molecule has 1 unspecified atom stereocenters. The molecule has 13 nitrogen and oxygen atoms in total. The summed E-state index contributed by atoms with van der Waals surface area (Å²) in [6.07, 6.45) is 2.64. The number of H-pyrrole nitrogens is 1. The van der Waals surface area contributed by atoms with Gasteiger partial charge in [-0.1, -0.05) is 72.8 Å². The minimum atomic E-state index is -0.828. The number of esters is 1.